The lowest BCUT2D eigenvalue weighted by atomic mass is 10.3. The fourth-order valence-electron chi connectivity index (χ4n) is 0.685. The van der Waals surface area contributed by atoms with E-state index >= 15 is 0 Å². The normalized spacial score (nSPS) is 7.92. The van der Waals surface area contributed by atoms with Crippen molar-refractivity contribution in [1.82, 2.24) is 0 Å². The summed E-state index contributed by atoms with van der Waals surface area (Å²) < 4.78 is 0. The molecule has 0 saturated heterocycles. The summed E-state index contributed by atoms with van der Waals surface area (Å²) in [7, 11) is 1.88. The molecule has 0 aliphatic carbocycles. The first kappa shape index (κ1) is 11.1. The zero-order valence-corrected chi connectivity index (χ0v) is 8.44. The maximum atomic E-state index is 4.22. The standard InChI is InChI=1S/C7H9NS.C3H6/c1-8-6-4-2-3-5-7(6)9;1-3-2/h2-5,8-9H,1H3;3H,1H2,2H3. The number of hydrogen-bond donors (Lipinski definition) is 2. The number of anilines is 1. The van der Waals surface area contributed by atoms with Gasteiger partial charge in [0.2, 0.25) is 0 Å². The van der Waals surface area contributed by atoms with Crippen LogP contribution < -0.4 is 5.32 Å². The van der Waals surface area contributed by atoms with Crippen molar-refractivity contribution in [2.45, 2.75) is 11.8 Å². The molecule has 1 N–H and O–H groups in total. The molecule has 0 aromatic heterocycles. The maximum Gasteiger partial charge on any atom is 0.0473 e. The van der Waals surface area contributed by atoms with Crippen LogP contribution in [0.3, 0.4) is 0 Å². The van der Waals surface area contributed by atoms with Gasteiger partial charge in [0.25, 0.3) is 0 Å². The number of benzene rings is 1. The van der Waals surface area contributed by atoms with Crippen molar-refractivity contribution in [2.75, 3.05) is 12.4 Å². The molecule has 0 spiro atoms. The lowest BCUT2D eigenvalue weighted by molar-refractivity contribution is 1.39. The highest BCUT2D eigenvalue weighted by atomic mass is 32.1. The van der Waals surface area contributed by atoms with Crippen LogP contribution in [-0.4, -0.2) is 7.05 Å². The minimum Gasteiger partial charge on any atom is -0.387 e. The van der Waals surface area contributed by atoms with Crippen LogP contribution in [0.2, 0.25) is 0 Å². The average molecular weight is 181 g/mol. The Kier molecular flexibility index (Phi) is 6.29. The fraction of sp³-hybridized carbons (Fsp3) is 0.200. The van der Waals surface area contributed by atoms with E-state index in [1.165, 1.54) is 0 Å². The van der Waals surface area contributed by atoms with Crippen LogP contribution in [0.15, 0.2) is 41.8 Å². The van der Waals surface area contributed by atoms with Crippen molar-refractivity contribution in [1.29, 1.82) is 0 Å². The molecule has 2 heteroatoms. The topological polar surface area (TPSA) is 12.0 Å². The summed E-state index contributed by atoms with van der Waals surface area (Å²) in [5, 5.41) is 3.02. The van der Waals surface area contributed by atoms with Crippen LogP contribution in [0.5, 0.6) is 0 Å². The van der Waals surface area contributed by atoms with E-state index < -0.39 is 0 Å². The molecule has 0 fully saturated rings. The number of allylic oxidation sites excluding steroid dienone is 1. The maximum absolute atomic E-state index is 4.22. The molecular weight excluding hydrogens is 166 g/mol. The Morgan fingerprint density at radius 1 is 1.42 bits per heavy atom. The molecule has 0 radical (unpaired) electrons. The van der Waals surface area contributed by atoms with Crippen molar-refractivity contribution in [2.24, 2.45) is 0 Å². The minimum absolute atomic E-state index is 0.986. The molecule has 66 valence electrons. The second-order valence-corrected chi connectivity index (χ2v) is 2.66. The van der Waals surface area contributed by atoms with Gasteiger partial charge in [0.1, 0.15) is 0 Å². The summed E-state index contributed by atoms with van der Waals surface area (Å²) in [6.45, 7) is 5.25. The zero-order valence-electron chi connectivity index (χ0n) is 7.54. The molecule has 1 nitrogen and oxygen atoms in total. The van der Waals surface area contributed by atoms with E-state index in [-0.39, 0.29) is 0 Å². The van der Waals surface area contributed by atoms with Crippen molar-refractivity contribution in [3.8, 4) is 0 Å². The molecule has 0 unspecified atom stereocenters. The van der Waals surface area contributed by atoms with Crippen molar-refractivity contribution >= 4 is 18.3 Å². The Morgan fingerprint density at radius 2 is 1.92 bits per heavy atom. The van der Waals surface area contributed by atoms with Gasteiger partial charge < -0.3 is 5.32 Å². The third kappa shape index (κ3) is 4.09. The van der Waals surface area contributed by atoms with Crippen LogP contribution in [0.25, 0.3) is 0 Å². The zero-order chi connectivity index (χ0) is 9.40. The Morgan fingerprint density at radius 3 is 2.25 bits per heavy atom. The first-order valence-electron chi connectivity index (χ1n) is 3.79. The lowest BCUT2D eigenvalue weighted by Gasteiger charge is -2.00. The van der Waals surface area contributed by atoms with Gasteiger partial charge in [-0.25, -0.2) is 0 Å². The predicted octanol–water partition coefficient (Wildman–Crippen LogP) is 3.21. The monoisotopic (exact) mass is 181 g/mol. The average Bonchev–Trinajstić information content (AvgIpc) is 2.07. The molecule has 0 aliphatic rings. The van der Waals surface area contributed by atoms with Gasteiger partial charge in [0.05, 0.1) is 0 Å². The van der Waals surface area contributed by atoms with E-state index in [0.717, 1.165) is 10.6 Å². The number of nitrogens with one attached hydrogen (secondary N) is 1. The molecular formula is C10H15NS. The summed E-state index contributed by atoms with van der Waals surface area (Å²) in [4.78, 5) is 0.986. The van der Waals surface area contributed by atoms with Crippen molar-refractivity contribution < 1.29 is 0 Å². The number of rotatable bonds is 1. The van der Waals surface area contributed by atoms with E-state index in [9.17, 15) is 0 Å². The van der Waals surface area contributed by atoms with Crippen molar-refractivity contribution in [3.63, 3.8) is 0 Å². The van der Waals surface area contributed by atoms with Crippen molar-refractivity contribution in [3.05, 3.63) is 36.9 Å². The first-order chi connectivity index (χ1) is 5.76. The lowest BCUT2D eigenvalue weighted by Crippen LogP contribution is -1.87. The third-order valence-electron chi connectivity index (χ3n) is 1.17. The molecule has 12 heavy (non-hydrogen) atoms. The summed E-state index contributed by atoms with van der Waals surface area (Å²) in [6, 6.07) is 7.88. The molecule has 0 amide bonds. The van der Waals surface area contributed by atoms with Gasteiger partial charge in [-0.2, -0.15) is 0 Å². The molecule has 1 aromatic carbocycles. The van der Waals surface area contributed by atoms with E-state index in [1.54, 1.807) is 6.08 Å². The summed E-state index contributed by atoms with van der Waals surface area (Å²) >= 11 is 4.22. The largest absolute Gasteiger partial charge is 0.387 e. The van der Waals surface area contributed by atoms with E-state index in [0.29, 0.717) is 0 Å². The summed E-state index contributed by atoms with van der Waals surface area (Å²) in [5.41, 5.74) is 1.07. The Labute approximate surface area is 79.9 Å². The molecule has 1 rings (SSSR count). The number of para-hydroxylation sites is 1. The van der Waals surface area contributed by atoms with Crippen LogP contribution >= 0.6 is 12.6 Å². The Bertz CT molecular complexity index is 233. The first-order valence-corrected chi connectivity index (χ1v) is 4.23. The smallest absolute Gasteiger partial charge is 0.0473 e. The van der Waals surface area contributed by atoms with Gasteiger partial charge in [-0.3, -0.25) is 0 Å². The number of hydrogen-bond acceptors (Lipinski definition) is 2. The van der Waals surface area contributed by atoms with Gasteiger partial charge >= 0.3 is 0 Å². The van der Waals surface area contributed by atoms with Gasteiger partial charge in [-0.05, 0) is 19.1 Å². The summed E-state index contributed by atoms with van der Waals surface area (Å²) in [5.74, 6) is 0. The quantitative estimate of drug-likeness (QED) is 0.501. The second-order valence-electron chi connectivity index (χ2n) is 2.18. The SMILES string of the molecule is C=CC.CNc1ccccc1S. The van der Waals surface area contributed by atoms with Crippen LogP contribution in [-0.2, 0) is 0 Å². The number of thiol groups is 1. The van der Waals surface area contributed by atoms with E-state index in [1.807, 2.05) is 38.2 Å². The van der Waals surface area contributed by atoms with E-state index in [4.69, 9.17) is 0 Å². The highest BCUT2D eigenvalue weighted by molar-refractivity contribution is 7.80. The van der Waals surface area contributed by atoms with E-state index in [2.05, 4.69) is 24.5 Å². The van der Waals surface area contributed by atoms with Crippen LogP contribution in [0, 0.1) is 0 Å². The Balaban J connectivity index is 0.000000354. The van der Waals surface area contributed by atoms with Gasteiger partial charge in [-0.1, -0.05) is 18.2 Å². The molecule has 1 aromatic rings. The van der Waals surface area contributed by atoms with Gasteiger partial charge in [0, 0.05) is 17.6 Å². The second kappa shape index (κ2) is 6.80. The fourth-order valence-corrected chi connectivity index (χ4v) is 0.957. The highest BCUT2D eigenvalue weighted by Crippen LogP contribution is 2.16. The predicted molar refractivity (Wildman–Crippen MR) is 59.1 cm³/mol. The van der Waals surface area contributed by atoms with Gasteiger partial charge in [0.15, 0.2) is 0 Å². The van der Waals surface area contributed by atoms with Gasteiger partial charge in [-0.15, -0.1) is 19.2 Å². The van der Waals surface area contributed by atoms with Crippen LogP contribution in [0.1, 0.15) is 6.92 Å². The molecule has 0 saturated carbocycles. The molecule has 0 aliphatic heterocycles. The molecule has 0 atom stereocenters. The third-order valence-corrected chi connectivity index (χ3v) is 1.56. The minimum atomic E-state index is 0.986. The van der Waals surface area contributed by atoms with Crippen LogP contribution in [0.4, 0.5) is 5.69 Å². The Hall–Kier alpha value is -0.890. The summed E-state index contributed by atoms with van der Waals surface area (Å²) in [6.07, 6.45) is 1.75. The molecule has 0 heterocycles. The molecule has 0 bridgehead atoms. The highest BCUT2D eigenvalue weighted by Gasteiger charge is 1.89.